The van der Waals surface area contributed by atoms with Gasteiger partial charge >= 0.3 is 6.18 Å². The van der Waals surface area contributed by atoms with Crippen LogP contribution in [-0.2, 0) is 6.18 Å². The fourth-order valence-corrected chi connectivity index (χ4v) is 2.94. The van der Waals surface area contributed by atoms with Crippen molar-refractivity contribution >= 4 is 22.6 Å². The summed E-state index contributed by atoms with van der Waals surface area (Å²) >= 11 is 6.17. The van der Waals surface area contributed by atoms with Crippen molar-refractivity contribution < 1.29 is 13.2 Å². The maximum Gasteiger partial charge on any atom is 0.416 e. The van der Waals surface area contributed by atoms with E-state index in [1.54, 1.807) is 6.92 Å². The minimum absolute atomic E-state index is 0.136. The van der Waals surface area contributed by atoms with Crippen LogP contribution in [0.3, 0.4) is 0 Å². The molecule has 1 aromatic carbocycles. The van der Waals surface area contributed by atoms with Gasteiger partial charge in [0.05, 0.1) is 22.0 Å². The molecule has 2 aromatic rings. The van der Waals surface area contributed by atoms with Crippen molar-refractivity contribution in [1.29, 1.82) is 0 Å². The molecule has 2 nitrogen and oxygen atoms in total. The van der Waals surface area contributed by atoms with Gasteiger partial charge in [-0.1, -0.05) is 13.8 Å². The third-order valence-corrected chi connectivity index (χ3v) is 4.37. The van der Waals surface area contributed by atoms with Crippen LogP contribution in [0.15, 0.2) is 18.2 Å². The number of hydrogen-bond donors (Lipinski definition) is 0. The zero-order valence-electron chi connectivity index (χ0n) is 12.0. The molecule has 0 saturated heterocycles. The molecule has 0 aliphatic heterocycles. The van der Waals surface area contributed by atoms with Gasteiger partial charge in [0.25, 0.3) is 0 Å². The van der Waals surface area contributed by atoms with E-state index >= 15 is 0 Å². The predicted molar refractivity (Wildman–Crippen MR) is 76.4 cm³/mol. The second-order valence-electron chi connectivity index (χ2n) is 6.37. The number of benzene rings is 1. The second-order valence-corrected chi connectivity index (χ2v) is 7.02. The molecule has 0 radical (unpaired) electrons. The summed E-state index contributed by atoms with van der Waals surface area (Å²) in [6, 6.07) is 3.96. The SMILES string of the molecule is CC(Cl)c1nc2cc(C(F)(F)F)ccc2n1C1CC1(C)C. The van der Waals surface area contributed by atoms with Crippen LogP contribution in [0.4, 0.5) is 13.2 Å². The topological polar surface area (TPSA) is 17.8 Å². The molecule has 2 atom stereocenters. The van der Waals surface area contributed by atoms with Crippen molar-refractivity contribution in [3.63, 3.8) is 0 Å². The Morgan fingerprint density at radius 2 is 2.00 bits per heavy atom. The fraction of sp³-hybridized carbons (Fsp3) is 0.533. The minimum Gasteiger partial charge on any atom is -0.323 e. The van der Waals surface area contributed by atoms with E-state index in [0.717, 1.165) is 24.1 Å². The Morgan fingerprint density at radius 1 is 1.38 bits per heavy atom. The molecule has 0 bridgehead atoms. The average molecular weight is 317 g/mol. The first-order valence-electron chi connectivity index (χ1n) is 6.84. The first-order valence-corrected chi connectivity index (χ1v) is 7.28. The molecule has 1 saturated carbocycles. The van der Waals surface area contributed by atoms with E-state index in [-0.39, 0.29) is 16.8 Å². The Morgan fingerprint density at radius 3 is 2.48 bits per heavy atom. The fourth-order valence-electron chi connectivity index (χ4n) is 2.78. The van der Waals surface area contributed by atoms with Crippen LogP contribution in [0.5, 0.6) is 0 Å². The van der Waals surface area contributed by atoms with E-state index in [1.165, 1.54) is 6.07 Å². The number of aromatic nitrogens is 2. The van der Waals surface area contributed by atoms with Gasteiger partial charge in [0, 0.05) is 6.04 Å². The van der Waals surface area contributed by atoms with Crippen LogP contribution in [0.2, 0.25) is 0 Å². The molecule has 0 amide bonds. The molecule has 0 N–H and O–H groups in total. The quantitative estimate of drug-likeness (QED) is 0.685. The summed E-state index contributed by atoms with van der Waals surface area (Å²) in [5.74, 6) is 0.640. The molecule has 6 heteroatoms. The van der Waals surface area contributed by atoms with Gasteiger partial charge in [0.15, 0.2) is 0 Å². The highest BCUT2D eigenvalue weighted by Gasteiger charge is 2.48. The number of alkyl halides is 4. The van der Waals surface area contributed by atoms with E-state index in [1.807, 2.05) is 4.57 Å². The molecule has 1 heterocycles. The second kappa shape index (κ2) is 4.38. The van der Waals surface area contributed by atoms with Crippen LogP contribution in [0.1, 0.15) is 50.0 Å². The third-order valence-electron chi connectivity index (χ3n) is 4.17. The summed E-state index contributed by atoms with van der Waals surface area (Å²) < 4.78 is 40.5. The Balaban J connectivity index is 2.19. The summed E-state index contributed by atoms with van der Waals surface area (Å²) in [4.78, 5) is 4.34. The van der Waals surface area contributed by atoms with Crippen molar-refractivity contribution in [2.75, 3.05) is 0 Å². The predicted octanol–water partition coefficient (Wildman–Crippen LogP) is 5.33. The van der Waals surface area contributed by atoms with Gasteiger partial charge in [-0.25, -0.2) is 4.98 Å². The van der Waals surface area contributed by atoms with Crippen LogP contribution in [0.25, 0.3) is 11.0 Å². The number of rotatable bonds is 2. The minimum atomic E-state index is -4.36. The number of halogens is 4. The van der Waals surface area contributed by atoms with E-state index in [0.29, 0.717) is 11.3 Å². The lowest BCUT2D eigenvalue weighted by atomic mass is 10.1. The molecule has 1 fully saturated rings. The van der Waals surface area contributed by atoms with E-state index in [9.17, 15) is 13.2 Å². The van der Waals surface area contributed by atoms with Gasteiger partial charge in [0.1, 0.15) is 5.82 Å². The molecule has 1 aromatic heterocycles. The monoisotopic (exact) mass is 316 g/mol. The molecule has 114 valence electrons. The van der Waals surface area contributed by atoms with E-state index in [4.69, 9.17) is 11.6 Å². The van der Waals surface area contributed by atoms with Crippen LogP contribution >= 0.6 is 11.6 Å². The highest BCUT2D eigenvalue weighted by molar-refractivity contribution is 6.20. The zero-order chi connectivity index (χ0) is 15.6. The summed E-state index contributed by atoms with van der Waals surface area (Å²) in [6.07, 6.45) is -3.38. The third kappa shape index (κ3) is 2.41. The lowest BCUT2D eigenvalue weighted by Crippen LogP contribution is -2.06. The smallest absolute Gasteiger partial charge is 0.323 e. The molecule has 21 heavy (non-hydrogen) atoms. The standard InChI is InChI=1S/C15H16ClF3N2/c1-8(16)13-20-10-6-9(15(17,18)19)4-5-11(10)21(13)12-7-14(12,2)3/h4-6,8,12H,7H2,1-3H3. The average Bonchev–Trinajstić information content (AvgIpc) is 2.83. The highest BCUT2D eigenvalue weighted by atomic mass is 35.5. The maximum absolute atomic E-state index is 12.8. The number of nitrogens with zero attached hydrogens (tertiary/aromatic N) is 2. The van der Waals surface area contributed by atoms with Gasteiger partial charge in [-0.05, 0) is 37.0 Å². The molecule has 2 unspecified atom stereocenters. The summed E-state index contributed by atoms with van der Waals surface area (Å²) in [6.45, 7) is 6.06. The molecule has 1 aliphatic carbocycles. The van der Waals surface area contributed by atoms with Gasteiger partial charge in [0.2, 0.25) is 0 Å². The van der Waals surface area contributed by atoms with E-state index < -0.39 is 11.7 Å². The van der Waals surface area contributed by atoms with Crippen LogP contribution < -0.4 is 0 Å². The summed E-state index contributed by atoms with van der Waals surface area (Å²) in [5.41, 5.74) is 0.538. The summed E-state index contributed by atoms with van der Waals surface area (Å²) in [7, 11) is 0. The Hall–Kier alpha value is -1.23. The van der Waals surface area contributed by atoms with Gasteiger partial charge in [-0.2, -0.15) is 13.2 Å². The first kappa shape index (κ1) is 14.7. The van der Waals surface area contributed by atoms with E-state index in [2.05, 4.69) is 18.8 Å². The largest absolute Gasteiger partial charge is 0.416 e. The molecule has 3 rings (SSSR count). The molecular formula is C15H16ClF3N2. The number of imidazole rings is 1. The van der Waals surface area contributed by atoms with Gasteiger partial charge < -0.3 is 4.57 Å². The summed E-state index contributed by atoms with van der Waals surface area (Å²) in [5, 5.41) is -0.344. The highest BCUT2D eigenvalue weighted by Crippen LogP contribution is 2.57. The molecule has 1 aliphatic rings. The van der Waals surface area contributed by atoms with Gasteiger partial charge in [-0.15, -0.1) is 11.6 Å². The van der Waals surface area contributed by atoms with Crippen LogP contribution in [-0.4, -0.2) is 9.55 Å². The molecule has 0 spiro atoms. The number of fused-ring (bicyclic) bond motifs is 1. The lowest BCUT2D eigenvalue weighted by Gasteiger charge is -2.12. The normalized spacial score (nSPS) is 22.5. The van der Waals surface area contributed by atoms with Crippen molar-refractivity contribution in [3.05, 3.63) is 29.6 Å². The Bertz CT molecular complexity index is 701. The maximum atomic E-state index is 12.8. The number of hydrogen-bond acceptors (Lipinski definition) is 1. The van der Waals surface area contributed by atoms with Crippen LogP contribution in [0, 0.1) is 5.41 Å². The van der Waals surface area contributed by atoms with Gasteiger partial charge in [-0.3, -0.25) is 0 Å². The zero-order valence-corrected chi connectivity index (χ0v) is 12.8. The van der Waals surface area contributed by atoms with Crippen molar-refractivity contribution in [2.24, 2.45) is 5.41 Å². The Labute approximate surface area is 125 Å². The lowest BCUT2D eigenvalue weighted by molar-refractivity contribution is -0.137. The van der Waals surface area contributed by atoms with Crippen molar-refractivity contribution in [1.82, 2.24) is 9.55 Å². The first-order chi connectivity index (χ1) is 9.61. The van der Waals surface area contributed by atoms with Crippen molar-refractivity contribution in [3.8, 4) is 0 Å². The Kier molecular flexibility index (Phi) is 3.07. The van der Waals surface area contributed by atoms with Crippen molar-refractivity contribution in [2.45, 2.75) is 44.8 Å². The molecular weight excluding hydrogens is 301 g/mol.